The van der Waals surface area contributed by atoms with Crippen LogP contribution in [0.4, 0.5) is 0 Å². The number of benzene rings is 2. The minimum absolute atomic E-state index is 0.228. The summed E-state index contributed by atoms with van der Waals surface area (Å²) in [6.07, 6.45) is 0.970. The second-order valence-corrected chi connectivity index (χ2v) is 5.12. The molecule has 2 aromatic carbocycles. The first kappa shape index (κ1) is 12.7. The van der Waals surface area contributed by atoms with Gasteiger partial charge in [0.2, 0.25) is 0 Å². The highest BCUT2D eigenvalue weighted by Gasteiger charge is 2.11. The van der Waals surface area contributed by atoms with Gasteiger partial charge in [-0.15, -0.1) is 15.0 Å². The summed E-state index contributed by atoms with van der Waals surface area (Å²) >= 11 is 0. The van der Waals surface area contributed by atoms with Gasteiger partial charge in [0.15, 0.2) is 0 Å². The molecule has 0 bridgehead atoms. The molecule has 3 rings (SSSR count). The maximum absolute atomic E-state index is 10.2. The highest BCUT2D eigenvalue weighted by molar-refractivity contribution is 5.75. The third kappa shape index (κ3) is 2.03. The summed E-state index contributed by atoms with van der Waals surface area (Å²) in [5.41, 5.74) is 5.44. The van der Waals surface area contributed by atoms with Crippen molar-refractivity contribution in [3.05, 3.63) is 47.0 Å². The number of phenols is 1. The van der Waals surface area contributed by atoms with Gasteiger partial charge in [-0.3, -0.25) is 0 Å². The molecule has 0 fully saturated rings. The molecule has 1 aromatic heterocycles. The molecule has 0 spiro atoms. The van der Waals surface area contributed by atoms with Gasteiger partial charge in [0.1, 0.15) is 22.5 Å². The quantitative estimate of drug-likeness (QED) is 0.775. The second kappa shape index (κ2) is 4.63. The number of aromatic nitrogens is 3. The van der Waals surface area contributed by atoms with Crippen LogP contribution in [0.5, 0.6) is 5.75 Å². The van der Waals surface area contributed by atoms with Crippen LogP contribution in [-0.4, -0.2) is 20.1 Å². The predicted octanol–water partition coefficient (Wildman–Crippen LogP) is 3.31. The van der Waals surface area contributed by atoms with E-state index in [1.54, 1.807) is 0 Å². The summed E-state index contributed by atoms with van der Waals surface area (Å²) in [6.45, 7) is 5.99. The molecule has 102 valence electrons. The molecule has 0 radical (unpaired) electrons. The summed E-state index contributed by atoms with van der Waals surface area (Å²) in [5.74, 6) is 0.228. The largest absolute Gasteiger partial charge is 0.505 e. The van der Waals surface area contributed by atoms with Crippen molar-refractivity contribution in [3.63, 3.8) is 0 Å². The molecule has 20 heavy (non-hydrogen) atoms. The zero-order valence-corrected chi connectivity index (χ0v) is 11.9. The highest BCUT2D eigenvalue weighted by atomic mass is 16.3. The lowest BCUT2D eigenvalue weighted by atomic mass is 10.1. The normalized spacial score (nSPS) is 11.2. The number of rotatable bonds is 2. The standard InChI is InChI=1S/C16H17N3O/c1-4-12-5-6-13-14(9-12)18-19(17-13)15-8-10(2)7-11(3)16(15)20/h5-9,20H,4H2,1-3H3. The Kier molecular flexibility index (Phi) is 2.93. The lowest BCUT2D eigenvalue weighted by Gasteiger charge is -2.07. The van der Waals surface area contributed by atoms with E-state index in [2.05, 4.69) is 23.2 Å². The zero-order chi connectivity index (χ0) is 14.3. The van der Waals surface area contributed by atoms with Crippen molar-refractivity contribution >= 4 is 11.0 Å². The number of phenolic OH excluding ortho intramolecular Hbond substituents is 1. The minimum Gasteiger partial charge on any atom is -0.505 e. The molecule has 1 heterocycles. The lowest BCUT2D eigenvalue weighted by molar-refractivity contribution is 0.463. The summed E-state index contributed by atoms with van der Waals surface area (Å²) < 4.78 is 0. The lowest BCUT2D eigenvalue weighted by Crippen LogP contribution is -2.00. The van der Waals surface area contributed by atoms with Crippen molar-refractivity contribution in [2.45, 2.75) is 27.2 Å². The van der Waals surface area contributed by atoms with E-state index in [1.165, 1.54) is 10.4 Å². The first-order chi connectivity index (χ1) is 9.58. The molecule has 0 aliphatic carbocycles. The van der Waals surface area contributed by atoms with Gasteiger partial charge in [-0.25, -0.2) is 0 Å². The maximum Gasteiger partial charge on any atom is 0.146 e. The smallest absolute Gasteiger partial charge is 0.146 e. The molecule has 0 aliphatic heterocycles. The Morgan fingerprint density at radius 2 is 1.80 bits per heavy atom. The van der Waals surface area contributed by atoms with Crippen LogP contribution in [-0.2, 0) is 6.42 Å². The van der Waals surface area contributed by atoms with Crippen molar-refractivity contribution in [3.8, 4) is 11.4 Å². The molecule has 0 atom stereocenters. The van der Waals surface area contributed by atoms with Crippen LogP contribution in [0.3, 0.4) is 0 Å². The topological polar surface area (TPSA) is 50.9 Å². The van der Waals surface area contributed by atoms with Crippen molar-refractivity contribution in [1.82, 2.24) is 15.0 Å². The second-order valence-electron chi connectivity index (χ2n) is 5.12. The van der Waals surface area contributed by atoms with Crippen molar-refractivity contribution < 1.29 is 5.11 Å². The van der Waals surface area contributed by atoms with E-state index in [0.29, 0.717) is 5.69 Å². The summed E-state index contributed by atoms with van der Waals surface area (Å²) in [6, 6.07) is 9.90. The Labute approximate surface area is 117 Å². The molecular formula is C16H17N3O. The number of aryl methyl sites for hydroxylation is 3. The number of hydrogen-bond acceptors (Lipinski definition) is 3. The minimum atomic E-state index is 0.228. The molecule has 0 unspecified atom stereocenters. The van der Waals surface area contributed by atoms with Gasteiger partial charge in [0, 0.05) is 0 Å². The van der Waals surface area contributed by atoms with Crippen LogP contribution in [0.15, 0.2) is 30.3 Å². The number of nitrogens with zero attached hydrogens (tertiary/aromatic N) is 3. The monoisotopic (exact) mass is 267 g/mol. The van der Waals surface area contributed by atoms with Gasteiger partial charge >= 0.3 is 0 Å². The van der Waals surface area contributed by atoms with Crippen LogP contribution < -0.4 is 0 Å². The van der Waals surface area contributed by atoms with Gasteiger partial charge in [0.05, 0.1) is 0 Å². The molecule has 0 saturated heterocycles. The van der Waals surface area contributed by atoms with Crippen LogP contribution in [0.25, 0.3) is 16.7 Å². The van der Waals surface area contributed by atoms with Crippen molar-refractivity contribution in [2.75, 3.05) is 0 Å². The molecule has 3 aromatic rings. The van der Waals surface area contributed by atoms with Crippen molar-refractivity contribution in [2.24, 2.45) is 0 Å². The van der Waals surface area contributed by atoms with Crippen LogP contribution >= 0.6 is 0 Å². The highest BCUT2D eigenvalue weighted by Crippen LogP contribution is 2.27. The third-order valence-electron chi connectivity index (χ3n) is 3.49. The first-order valence-electron chi connectivity index (χ1n) is 6.75. The Hall–Kier alpha value is -2.36. The molecular weight excluding hydrogens is 250 g/mol. The number of fused-ring (bicyclic) bond motifs is 1. The van der Waals surface area contributed by atoms with Gasteiger partial charge in [0.25, 0.3) is 0 Å². The Morgan fingerprint density at radius 3 is 2.55 bits per heavy atom. The summed E-state index contributed by atoms with van der Waals surface area (Å²) in [7, 11) is 0. The number of aromatic hydroxyl groups is 1. The average Bonchev–Trinajstić information content (AvgIpc) is 2.85. The van der Waals surface area contributed by atoms with Gasteiger partial charge in [-0.1, -0.05) is 19.1 Å². The molecule has 0 amide bonds. The fourth-order valence-electron chi connectivity index (χ4n) is 2.38. The average molecular weight is 267 g/mol. The third-order valence-corrected chi connectivity index (χ3v) is 3.49. The Morgan fingerprint density at radius 1 is 1.05 bits per heavy atom. The molecule has 1 N–H and O–H groups in total. The van der Waals surface area contributed by atoms with Crippen LogP contribution in [0.2, 0.25) is 0 Å². The van der Waals surface area contributed by atoms with Crippen molar-refractivity contribution in [1.29, 1.82) is 0 Å². The van der Waals surface area contributed by atoms with E-state index >= 15 is 0 Å². The summed E-state index contributed by atoms with van der Waals surface area (Å²) in [5, 5.41) is 19.1. The molecule has 0 saturated carbocycles. The molecule has 4 heteroatoms. The fourth-order valence-corrected chi connectivity index (χ4v) is 2.38. The molecule has 4 nitrogen and oxygen atoms in total. The van der Waals surface area contributed by atoms with E-state index in [9.17, 15) is 5.11 Å². The first-order valence-corrected chi connectivity index (χ1v) is 6.75. The van der Waals surface area contributed by atoms with E-state index in [4.69, 9.17) is 0 Å². The van der Waals surface area contributed by atoms with E-state index in [1.807, 2.05) is 38.1 Å². The number of hydrogen-bond donors (Lipinski definition) is 1. The van der Waals surface area contributed by atoms with Crippen LogP contribution in [0, 0.1) is 13.8 Å². The zero-order valence-electron chi connectivity index (χ0n) is 11.9. The Balaban J connectivity index is 2.20. The fraction of sp³-hybridized carbons (Fsp3) is 0.250. The maximum atomic E-state index is 10.2. The van der Waals surface area contributed by atoms with E-state index in [0.717, 1.165) is 28.6 Å². The van der Waals surface area contributed by atoms with E-state index in [-0.39, 0.29) is 5.75 Å². The van der Waals surface area contributed by atoms with Gasteiger partial charge in [-0.05, 0) is 55.2 Å². The SMILES string of the molecule is CCc1ccc2nn(-c3cc(C)cc(C)c3O)nc2c1. The van der Waals surface area contributed by atoms with Gasteiger partial charge < -0.3 is 5.11 Å². The van der Waals surface area contributed by atoms with E-state index < -0.39 is 0 Å². The predicted molar refractivity (Wildman–Crippen MR) is 79.4 cm³/mol. The van der Waals surface area contributed by atoms with Crippen LogP contribution in [0.1, 0.15) is 23.6 Å². The Bertz CT molecular complexity index is 790. The summed E-state index contributed by atoms with van der Waals surface area (Å²) in [4.78, 5) is 1.51. The van der Waals surface area contributed by atoms with Gasteiger partial charge in [-0.2, -0.15) is 0 Å². The molecule has 0 aliphatic rings.